The van der Waals surface area contributed by atoms with E-state index in [1.165, 1.54) is 4.88 Å². The van der Waals surface area contributed by atoms with E-state index >= 15 is 0 Å². The number of benzene rings is 2. The van der Waals surface area contributed by atoms with Gasteiger partial charge in [-0.2, -0.15) is 0 Å². The molecule has 34 heavy (non-hydrogen) atoms. The number of piperazine rings is 1. The number of nitrogens with one attached hydrogen (secondary N) is 1. The van der Waals surface area contributed by atoms with E-state index in [0.717, 1.165) is 70.3 Å². The van der Waals surface area contributed by atoms with E-state index in [0.29, 0.717) is 5.92 Å². The Labute approximate surface area is 204 Å². The lowest BCUT2D eigenvalue weighted by Crippen LogP contribution is -2.46. The maximum absolute atomic E-state index is 13.5. The van der Waals surface area contributed by atoms with Gasteiger partial charge in [0.25, 0.3) is 5.91 Å². The molecule has 1 aliphatic heterocycles. The van der Waals surface area contributed by atoms with Crippen molar-refractivity contribution in [3.05, 3.63) is 64.7 Å². The van der Waals surface area contributed by atoms with Crippen LogP contribution in [0.5, 0.6) is 5.75 Å². The van der Waals surface area contributed by atoms with Gasteiger partial charge < -0.3 is 15.0 Å². The number of fused-ring (bicyclic) bond motifs is 1. The first-order chi connectivity index (χ1) is 16.5. The van der Waals surface area contributed by atoms with Crippen LogP contribution in [0.1, 0.15) is 40.6 Å². The number of ether oxygens (including phenoxy) is 1. The second kappa shape index (κ2) is 9.24. The second-order valence-corrected chi connectivity index (χ2v) is 10.1. The fraction of sp³-hybridized carbons (Fsp3) is 0.333. The quantitative estimate of drug-likeness (QED) is 0.430. The summed E-state index contributed by atoms with van der Waals surface area (Å²) in [6.07, 6.45) is 1.98. The molecule has 0 radical (unpaired) electrons. The van der Waals surface area contributed by atoms with Crippen LogP contribution in [0.2, 0.25) is 0 Å². The molecule has 0 bridgehead atoms. The topological polar surface area (TPSA) is 59.4 Å². The number of hydrogen-bond donors (Lipinski definition) is 1. The maximum Gasteiger partial charge on any atom is 0.256 e. The predicted molar refractivity (Wildman–Crippen MR) is 139 cm³/mol. The highest BCUT2D eigenvalue weighted by Crippen LogP contribution is 2.38. The molecule has 1 saturated heterocycles. The van der Waals surface area contributed by atoms with E-state index in [-0.39, 0.29) is 5.91 Å². The number of nitrogens with zero attached hydrogens (tertiary/aromatic N) is 3. The molecule has 1 aliphatic rings. The van der Waals surface area contributed by atoms with Crippen LogP contribution in [0.25, 0.3) is 27.3 Å². The molecule has 5 rings (SSSR count). The minimum Gasteiger partial charge on any atom is -0.497 e. The Bertz CT molecular complexity index is 1350. The molecule has 0 aliphatic carbocycles. The Balaban J connectivity index is 1.65. The van der Waals surface area contributed by atoms with Gasteiger partial charge >= 0.3 is 0 Å². The van der Waals surface area contributed by atoms with Gasteiger partial charge in [0.1, 0.15) is 5.75 Å². The summed E-state index contributed by atoms with van der Waals surface area (Å²) in [6, 6.07) is 14.3. The largest absolute Gasteiger partial charge is 0.497 e. The van der Waals surface area contributed by atoms with Gasteiger partial charge in [-0.3, -0.25) is 9.36 Å². The van der Waals surface area contributed by atoms with Crippen molar-refractivity contribution in [3.63, 3.8) is 0 Å². The first-order valence-electron chi connectivity index (χ1n) is 11.7. The molecule has 6 nitrogen and oxygen atoms in total. The number of methoxy groups -OCH3 is 1. The molecule has 1 fully saturated rings. The molecular weight excluding hydrogens is 444 g/mol. The molecule has 1 N–H and O–H groups in total. The highest BCUT2D eigenvalue weighted by Gasteiger charge is 2.25. The zero-order valence-electron chi connectivity index (χ0n) is 20.1. The summed E-state index contributed by atoms with van der Waals surface area (Å²) in [6.45, 7) is 9.57. The van der Waals surface area contributed by atoms with Crippen molar-refractivity contribution in [1.29, 1.82) is 0 Å². The third kappa shape index (κ3) is 4.10. The first kappa shape index (κ1) is 22.6. The van der Waals surface area contributed by atoms with Crippen LogP contribution in [-0.2, 0) is 0 Å². The Morgan fingerprint density at radius 3 is 2.68 bits per heavy atom. The number of carbonyl (C=O) groups excluding carboxylic acids is 1. The lowest BCUT2D eigenvalue weighted by molar-refractivity contribution is 0.0737. The van der Waals surface area contributed by atoms with Crippen LogP contribution in [0.3, 0.4) is 0 Å². The molecule has 7 heteroatoms. The molecule has 0 unspecified atom stereocenters. The number of aromatic nitrogens is 2. The molecule has 2 aromatic heterocycles. The first-order valence-corrected chi connectivity index (χ1v) is 12.5. The SMILES string of the molecule is COc1cccc(-c2nc(-n3cc(C(=O)N4CCNCC4)c4cc(C)ccc43)sc2C(C)C)c1. The normalized spacial score (nSPS) is 14.2. The van der Waals surface area contributed by atoms with Gasteiger partial charge in [0.15, 0.2) is 5.13 Å². The highest BCUT2D eigenvalue weighted by atomic mass is 32.1. The third-order valence-corrected chi connectivity index (χ3v) is 7.67. The van der Waals surface area contributed by atoms with Gasteiger partial charge in [-0.15, -0.1) is 11.3 Å². The van der Waals surface area contributed by atoms with Crippen molar-refractivity contribution in [2.45, 2.75) is 26.7 Å². The molecule has 176 valence electrons. The fourth-order valence-electron chi connectivity index (χ4n) is 4.50. The van der Waals surface area contributed by atoms with Crippen molar-refractivity contribution >= 4 is 28.1 Å². The molecule has 3 heterocycles. The molecule has 0 spiro atoms. The smallest absolute Gasteiger partial charge is 0.256 e. The van der Waals surface area contributed by atoms with Crippen LogP contribution in [-0.4, -0.2) is 53.6 Å². The second-order valence-electron chi connectivity index (χ2n) is 9.07. The number of aryl methyl sites for hydroxylation is 1. The van der Waals surface area contributed by atoms with Crippen LogP contribution in [0, 0.1) is 6.92 Å². The zero-order valence-corrected chi connectivity index (χ0v) is 20.9. The molecule has 2 aromatic carbocycles. The predicted octanol–water partition coefficient (Wildman–Crippen LogP) is 5.24. The minimum absolute atomic E-state index is 0.0875. The van der Waals surface area contributed by atoms with E-state index in [2.05, 4.69) is 54.9 Å². The summed E-state index contributed by atoms with van der Waals surface area (Å²) in [5, 5.41) is 5.17. The molecule has 4 aromatic rings. The Morgan fingerprint density at radius 1 is 1.15 bits per heavy atom. The lowest BCUT2D eigenvalue weighted by atomic mass is 10.1. The van der Waals surface area contributed by atoms with Crippen molar-refractivity contribution < 1.29 is 9.53 Å². The standard InChI is InChI=1S/C27H30N4O2S/c1-17(2)25-24(19-6-5-7-20(15-19)33-4)29-27(34-25)31-16-22(21-14-18(3)8-9-23(21)31)26(32)30-12-10-28-11-13-30/h5-9,14-17,28H,10-13H2,1-4H3. The van der Waals surface area contributed by atoms with Gasteiger partial charge in [0.2, 0.25) is 0 Å². The van der Waals surface area contributed by atoms with Gasteiger partial charge in [-0.1, -0.05) is 37.6 Å². The molecular formula is C27H30N4O2S. The summed E-state index contributed by atoms with van der Waals surface area (Å²) in [7, 11) is 1.68. The maximum atomic E-state index is 13.5. The van der Waals surface area contributed by atoms with E-state index in [9.17, 15) is 4.79 Å². The molecule has 1 amide bonds. The summed E-state index contributed by atoms with van der Waals surface area (Å²) < 4.78 is 7.54. The Morgan fingerprint density at radius 2 is 1.94 bits per heavy atom. The third-order valence-electron chi connectivity index (χ3n) is 6.31. The number of amides is 1. The summed E-state index contributed by atoms with van der Waals surface area (Å²) in [5.74, 6) is 1.22. The monoisotopic (exact) mass is 474 g/mol. The van der Waals surface area contributed by atoms with Crippen LogP contribution in [0.15, 0.2) is 48.7 Å². The van der Waals surface area contributed by atoms with E-state index < -0.39 is 0 Å². The van der Waals surface area contributed by atoms with Crippen molar-refractivity contribution in [2.24, 2.45) is 0 Å². The zero-order chi connectivity index (χ0) is 23.8. The number of hydrogen-bond acceptors (Lipinski definition) is 5. The summed E-state index contributed by atoms with van der Waals surface area (Å²) >= 11 is 1.68. The van der Waals surface area contributed by atoms with E-state index in [1.807, 2.05) is 29.3 Å². The summed E-state index contributed by atoms with van der Waals surface area (Å²) in [5.41, 5.74) is 4.89. The molecule has 0 saturated carbocycles. The van der Waals surface area contributed by atoms with Crippen LogP contribution < -0.4 is 10.1 Å². The number of carbonyl (C=O) groups is 1. The van der Waals surface area contributed by atoms with Crippen LogP contribution >= 0.6 is 11.3 Å². The lowest BCUT2D eigenvalue weighted by Gasteiger charge is -2.27. The van der Waals surface area contributed by atoms with Crippen molar-refractivity contribution in [2.75, 3.05) is 33.3 Å². The number of rotatable bonds is 5. The van der Waals surface area contributed by atoms with Crippen molar-refractivity contribution in [3.8, 4) is 22.1 Å². The van der Waals surface area contributed by atoms with Crippen LogP contribution in [0.4, 0.5) is 0 Å². The number of thiazole rings is 1. The summed E-state index contributed by atoms with van der Waals surface area (Å²) in [4.78, 5) is 21.8. The van der Waals surface area contributed by atoms with Crippen molar-refractivity contribution in [1.82, 2.24) is 19.8 Å². The Kier molecular flexibility index (Phi) is 6.15. The Hall–Kier alpha value is -3.16. The highest BCUT2D eigenvalue weighted by molar-refractivity contribution is 7.14. The van der Waals surface area contributed by atoms with Gasteiger partial charge in [0, 0.05) is 48.2 Å². The van der Waals surface area contributed by atoms with Gasteiger partial charge in [-0.25, -0.2) is 4.98 Å². The van der Waals surface area contributed by atoms with Gasteiger partial charge in [-0.05, 0) is 37.1 Å². The van der Waals surface area contributed by atoms with E-state index in [4.69, 9.17) is 9.72 Å². The molecule has 0 atom stereocenters. The van der Waals surface area contributed by atoms with Gasteiger partial charge in [0.05, 0.1) is 23.9 Å². The average Bonchev–Trinajstić information content (AvgIpc) is 3.46. The van der Waals surface area contributed by atoms with E-state index in [1.54, 1.807) is 18.4 Å². The minimum atomic E-state index is 0.0875. The fourth-order valence-corrected chi connectivity index (χ4v) is 5.58. The average molecular weight is 475 g/mol.